The van der Waals surface area contributed by atoms with Crippen LogP contribution < -0.4 is 25.4 Å². The lowest BCUT2D eigenvalue weighted by Gasteiger charge is -2.22. The average Bonchev–Trinajstić information content (AvgIpc) is 3.56. The van der Waals surface area contributed by atoms with Gasteiger partial charge in [0, 0.05) is 5.56 Å². The molecule has 0 saturated heterocycles. The van der Waals surface area contributed by atoms with Crippen molar-refractivity contribution in [3.63, 3.8) is 0 Å². The maximum atomic E-state index is 6.18. The lowest BCUT2D eigenvalue weighted by Crippen LogP contribution is -2.25. The molecule has 5 aromatic carbocycles. The Morgan fingerprint density at radius 1 is 0.651 bits per heavy atom. The quantitative estimate of drug-likeness (QED) is 0.152. The summed E-state index contributed by atoms with van der Waals surface area (Å²) >= 11 is 0. The standard InChI is InChI=1S/C38H36NO3P/c1-28(2)36-27-42-38(39-36)35-15-9-10-16-37(35)43(33-21-17-31(18-22-33)40-25-29-11-5-3-6-12-29)34-23-19-32(20-24-34)41-26-30-13-7-4-8-14-30/h3-24,28,36H,25-27H2,1-2H3/t36-/m1/s1. The van der Waals surface area contributed by atoms with E-state index in [2.05, 4.69) is 111 Å². The zero-order valence-electron chi connectivity index (χ0n) is 24.6. The molecular formula is C38H36NO3P. The lowest BCUT2D eigenvalue weighted by molar-refractivity contribution is 0.292. The molecule has 4 nitrogen and oxygen atoms in total. The largest absolute Gasteiger partial charge is 0.489 e. The summed E-state index contributed by atoms with van der Waals surface area (Å²) in [6, 6.07) is 46.3. The van der Waals surface area contributed by atoms with Crippen molar-refractivity contribution in [1.29, 1.82) is 0 Å². The van der Waals surface area contributed by atoms with Crippen LogP contribution in [0.2, 0.25) is 0 Å². The van der Waals surface area contributed by atoms with Gasteiger partial charge in [-0.2, -0.15) is 0 Å². The topological polar surface area (TPSA) is 40.0 Å². The van der Waals surface area contributed by atoms with Crippen LogP contribution in [0.3, 0.4) is 0 Å². The van der Waals surface area contributed by atoms with Gasteiger partial charge >= 0.3 is 0 Å². The van der Waals surface area contributed by atoms with Crippen LogP contribution in [0.25, 0.3) is 0 Å². The van der Waals surface area contributed by atoms with E-state index in [0.717, 1.165) is 34.1 Å². The fourth-order valence-corrected chi connectivity index (χ4v) is 7.41. The van der Waals surface area contributed by atoms with Gasteiger partial charge < -0.3 is 14.2 Å². The zero-order valence-corrected chi connectivity index (χ0v) is 25.5. The van der Waals surface area contributed by atoms with Gasteiger partial charge in [0.15, 0.2) is 0 Å². The highest BCUT2D eigenvalue weighted by Gasteiger charge is 2.27. The van der Waals surface area contributed by atoms with Crippen LogP contribution >= 0.6 is 7.92 Å². The molecule has 5 aromatic rings. The van der Waals surface area contributed by atoms with Gasteiger partial charge in [0.05, 0.1) is 6.04 Å². The minimum atomic E-state index is -0.915. The molecule has 1 atom stereocenters. The SMILES string of the molecule is CC(C)[C@H]1COC(c2ccccc2P(c2ccc(OCc3ccccc3)cc2)c2ccc(OCc3ccccc3)cc2)=N1. The van der Waals surface area contributed by atoms with E-state index in [0.29, 0.717) is 25.7 Å². The third kappa shape index (κ3) is 7.16. The molecule has 5 heteroatoms. The predicted molar refractivity (Wildman–Crippen MR) is 178 cm³/mol. The smallest absolute Gasteiger partial charge is 0.217 e. The molecule has 0 spiro atoms. The summed E-state index contributed by atoms with van der Waals surface area (Å²) in [5.74, 6) is 2.87. The van der Waals surface area contributed by atoms with Gasteiger partial charge in [0.25, 0.3) is 0 Å². The summed E-state index contributed by atoms with van der Waals surface area (Å²) in [4.78, 5) is 4.99. The van der Waals surface area contributed by atoms with E-state index in [1.807, 2.05) is 36.4 Å². The fraction of sp³-hybridized carbons (Fsp3) is 0.184. The van der Waals surface area contributed by atoms with Crippen molar-refractivity contribution in [3.8, 4) is 11.5 Å². The number of hydrogen-bond donors (Lipinski definition) is 0. The maximum absolute atomic E-state index is 6.18. The van der Waals surface area contributed by atoms with E-state index in [1.54, 1.807) is 0 Å². The van der Waals surface area contributed by atoms with Crippen LogP contribution in [0.15, 0.2) is 138 Å². The van der Waals surface area contributed by atoms with Crippen molar-refractivity contribution < 1.29 is 14.2 Å². The monoisotopic (exact) mass is 585 g/mol. The first kappa shape index (κ1) is 28.7. The molecule has 0 N–H and O–H groups in total. The molecule has 0 amide bonds. The second-order valence-corrected chi connectivity index (χ2v) is 13.1. The number of nitrogens with zero attached hydrogens (tertiary/aromatic N) is 1. The maximum Gasteiger partial charge on any atom is 0.217 e. The number of rotatable bonds is 11. The number of ether oxygens (including phenoxy) is 3. The Kier molecular flexibility index (Phi) is 9.16. The number of benzene rings is 5. The van der Waals surface area contributed by atoms with Gasteiger partial charge in [-0.1, -0.05) is 117 Å². The Balaban J connectivity index is 1.31. The molecular weight excluding hydrogens is 549 g/mol. The van der Waals surface area contributed by atoms with E-state index >= 15 is 0 Å². The lowest BCUT2D eigenvalue weighted by atomic mass is 10.1. The van der Waals surface area contributed by atoms with E-state index in [1.165, 1.54) is 15.9 Å². The van der Waals surface area contributed by atoms with Gasteiger partial charge in [0.2, 0.25) is 5.90 Å². The zero-order chi connectivity index (χ0) is 29.4. The first-order valence-corrected chi connectivity index (χ1v) is 16.1. The first-order valence-electron chi connectivity index (χ1n) is 14.8. The normalized spacial score (nSPS) is 14.4. The molecule has 0 radical (unpaired) electrons. The van der Waals surface area contributed by atoms with Crippen molar-refractivity contribution in [1.82, 2.24) is 0 Å². The van der Waals surface area contributed by atoms with Crippen LogP contribution in [0, 0.1) is 5.92 Å². The number of aliphatic imine (C=N–C) groups is 1. The Hall–Kier alpha value is -4.40. The molecule has 0 unspecified atom stereocenters. The molecule has 0 bridgehead atoms. The minimum Gasteiger partial charge on any atom is -0.489 e. The van der Waals surface area contributed by atoms with Crippen molar-refractivity contribution in [2.75, 3.05) is 6.61 Å². The third-order valence-corrected chi connectivity index (χ3v) is 10.0. The van der Waals surface area contributed by atoms with Gasteiger partial charge in [-0.05, 0) is 71.2 Å². The van der Waals surface area contributed by atoms with E-state index < -0.39 is 7.92 Å². The summed E-state index contributed by atoms with van der Waals surface area (Å²) < 4.78 is 18.4. The Morgan fingerprint density at radius 2 is 1.14 bits per heavy atom. The second kappa shape index (κ2) is 13.7. The van der Waals surface area contributed by atoms with Gasteiger partial charge in [-0.25, -0.2) is 4.99 Å². The molecule has 6 rings (SSSR count). The molecule has 0 aliphatic carbocycles. The highest BCUT2D eigenvalue weighted by atomic mass is 31.1. The van der Waals surface area contributed by atoms with Gasteiger partial charge in [-0.15, -0.1) is 0 Å². The summed E-state index contributed by atoms with van der Waals surface area (Å²) in [6.07, 6.45) is 0. The summed E-state index contributed by atoms with van der Waals surface area (Å²) in [6.45, 7) is 6.09. The molecule has 1 aliphatic heterocycles. The van der Waals surface area contributed by atoms with Crippen LogP contribution in [0.1, 0.15) is 30.5 Å². The van der Waals surface area contributed by atoms with E-state index in [4.69, 9.17) is 19.2 Å². The molecule has 1 heterocycles. The van der Waals surface area contributed by atoms with Crippen LogP contribution in [-0.4, -0.2) is 18.5 Å². The molecule has 1 aliphatic rings. The third-order valence-electron chi connectivity index (χ3n) is 7.51. The van der Waals surface area contributed by atoms with Crippen LogP contribution in [0.5, 0.6) is 11.5 Å². The van der Waals surface area contributed by atoms with Gasteiger partial charge in [-0.3, -0.25) is 0 Å². The summed E-state index contributed by atoms with van der Waals surface area (Å²) in [7, 11) is -0.915. The van der Waals surface area contributed by atoms with E-state index in [-0.39, 0.29) is 6.04 Å². The van der Waals surface area contributed by atoms with Crippen LogP contribution in [-0.2, 0) is 18.0 Å². The molecule has 0 fully saturated rings. The molecule has 0 saturated carbocycles. The minimum absolute atomic E-state index is 0.177. The Labute approximate surface area is 255 Å². The van der Waals surface area contributed by atoms with Crippen molar-refractivity contribution >= 4 is 29.7 Å². The second-order valence-electron chi connectivity index (χ2n) is 10.9. The predicted octanol–water partition coefficient (Wildman–Crippen LogP) is 7.40. The number of hydrogen-bond acceptors (Lipinski definition) is 4. The average molecular weight is 586 g/mol. The highest BCUT2D eigenvalue weighted by molar-refractivity contribution is 7.80. The fourth-order valence-electron chi connectivity index (χ4n) is 5.02. The summed E-state index contributed by atoms with van der Waals surface area (Å²) in [5, 5.41) is 3.68. The first-order chi connectivity index (χ1) is 21.1. The Morgan fingerprint density at radius 3 is 1.63 bits per heavy atom. The van der Waals surface area contributed by atoms with E-state index in [9.17, 15) is 0 Å². The summed E-state index contributed by atoms with van der Waals surface area (Å²) in [5.41, 5.74) is 3.36. The van der Waals surface area contributed by atoms with Crippen molar-refractivity contribution in [2.45, 2.75) is 33.1 Å². The molecule has 43 heavy (non-hydrogen) atoms. The molecule has 216 valence electrons. The van der Waals surface area contributed by atoms with Crippen molar-refractivity contribution in [2.24, 2.45) is 10.9 Å². The van der Waals surface area contributed by atoms with Crippen LogP contribution in [0.4, 0.5) is 0 Å². The highest BCUT2D eigenvalue weighted by Crippen LogP contribution is 2.36. The Bertz CT molecular complexity index is 1550. The van der Waals surface area contributed by atoms with Gasteiger partial charge in [0.1, 0.15) is 31.3 Å². The van der Waals surface area contributed by atoms with Crippen molar-refractivity contribution in [3.05, 3.63) is 150 Å². The molecule has 0 aromatic heterocycles.